The summed E-state index contributed by atoms with van der Waals surface area (Å²) in [4.78, 5) is 14.4. The first-order chi connectivity index (χ1) is 10.9. The van der Waals surface area contributed by atoms with Crippen molar-refractivity contribution in [2.45, 2.75) is 6.18 Å². The van der Waals surface area contributed by atoms with Gasteiger partial charge in [-0.2, -0.15) is 13.2 Å². The number of halogens is 3. The highest BCUT2D eigenvalue weighted by molar-refractivity contribution is 5.91. The van der Waals surface area contributed by atoms with Crippen molar-refractivity contribution in [3.05, 3.63) is 59.7 Å². The molecule has 0 spiro atoms. The average molecular weight is 319 g/mol. The quantitative estimate of drug-likeness (QED) is 0.699. The van der Waals surface area contributed by atoms with Gasteiger partial charge in [-0.15, -0.1) is 0 Å². The number of hydrogen-bond donors (Lipinski definition) is 1. The number of carbonyl (C=O) groups is 1. The molecular formula is C17H12F3NO2. The van der Waals surface area contributed by atoms with Gasteiger partial charge in [0.05, 0.1) is 18.2 Å². The zero-order valence-corrected chi connectivity index (χ0v) is 12.1. The summed E-state index contributed by atoms with van der Waals surface area (Å²) in [7, 11) is 1.30. The van der Waals surface area contributed by atoms with Crippen LogP contribution in [0.2, 0.25) is 0 Å². The molecule has 0 aliphatic heterocycles. The molecule has 0 bridgehead atoms. The second-order valence-corrected chi connectivity index (χ2v) is 5.05. The van der Waals surface area contributed by atoms with Crippen molar-refractivity contribution >= 4 is 16.9 Å². The topological polar surface area (TPSA) is 42.1 Å². The molecule has 3 rings (SSSR count). The summed E-state index contributed by atoms with van der Waals surface area (Å²) in [6.07, 6.45) is -4.37. The predicted molar refractivity (Wildman–Crippen MR) is 80.1 cm³/mol. The van der Waals surface area contributed by atoms with Crippen LogP contribution in [0.4, 0.5) is 13.2 Å². The Balaban J connectivity index is 1.98. The van der Waals surface area contributed by atoms with Crippen LogP contribution in [-0.4, -0.2) is 18.1 Å². The first-order valence-corrected chi connectivity index (χ1v) is 6.77. The van der Waals surface area contributed by atoms with E-state index in [1.165, 1.54) is 13.2 Å². The Morgan fingerprint density at radius 3 is 2.35 bits per heavy atom. The number of benzene rings is 2. The normalized spacial score (nSPS) is 11.7. The number of nitrogens with one attached hydrogen (secondary N) is 1. The van der Waals surface area contributed by atoms with E-state index in [0.29, 0.717) is 22.2 Å². The lowest BCUT2D eigenvalue weighted by molar-refractivity contribution is -0.137. The molecule has 0 amide bonds. The third-order valence-corrected chi connectivity index (χ3v) is 3.57. The maximum absolute atomic E-state index is 12.7. The van der Waals surface area contributed by atoms with Gasteiger partial charge in [0.1, 0.15) is 0 Å². The van der Waals surface area contributed by atoms with Gasteiger partial charge in [0.25, 0.3) is 0 Å². The van der Waals surface area contributed by atoms with Crippen molar-refractivity contribution < 1.29 is 22.7 Å². The fourth-order valence-corrected chi connectivity index (χ4v) is 2.36. The minimum Gasteiger partial charge on any atom is -0.465 e. The molecule has 23 heavy (non-hydrogen) atoms. The molecule has 3 aromatic rings. The number of esters is 1. The third kappa shape index (κ3) is 2.92. The second-order valence-electron chi connectivity index (χ2n) is 5.05. The van der Waals surface area contributed by atoms with Gasteiger partial charge in [-0.25, -0.2) is 4.79 Å². The summed E-state index contributed by atoms with van der Waals surface area (Å²) in [6, 6.07) is 12.0. The molecule has 1 heterocycles. The van der Waals surface area contributed by atoms with E-state index < -0.39 is 17.7 Å². The van der Waals surface area contributed by atoms with Gasteiger partial charge in [0.2, 0.25) is 0 Å². The second kappa shape index (κ2) is 5.46. The number of H-pyrrole nitrogens is 1. The smallest absolute Gasteiger partial charge is 0.416 e. The molecule has 0 saturated carbocycles. The van der Waals surface area contributed by atoms with Crippen LogP contribution in [0, 0.1) is 0 Å². The summed E-state index contributed by atoms with van der Waals surface area (Å²) < 4.78 is 42.8. The van der Waals surface area contributed by atoms with Crippen LogP contribution in [-0.2, 0) is 10.9 Å². The van der Waals surface area contributed by atoms with Gasteiger partial charge in [-0.05, 0) is 35.9 Å². The molecule has 118 valence electrons. The SMILES string of the molecule is COC(=O)c1ccc(-c2cc3ccc(C(F)(F)F)cc3[nH]2)cc1. The zero-order valence-electron chi connectivity index (χ0n) is 12.1. The van der Waals surface area contributed by atoms with Crippen LogP contribution in [0.15, 0.2) is 48.5 Å². The number of carbonyl (C=O) groups excluding carboxylic acids is 1. The Bertz CT molecular complexity index is 864. The molecule has 0 unspecified atom stereocenters. The number of aromatic nitrogens is 1. The summed E-state index contributed by atoms with van der Waals surface area (Å²) in [5.41, 5.74) is 1.57. The zero-order chi connectivity index (χ0) is 16.6. The Kier molecular flexibility index (Phi) is 3.60. The van der Waals surface area contributed by atoms with Crippen molar-refractivity contribution in [3.63, 3.8) is 0 Å². The highest BCUT2D eigenvalue weighted by Gasteiger charge is 2.30. The highest BCUT2D eigenvalue weighted by atomic mass is 19.4. The molecule has 1 N–H and O–H groups in total. The van der Waals surface area contributed by atoms with E-state index in [2.05, 4.69) is 9.72 Å². The number of methoxy groups -OCH3 is 1. The summed E-state index contributed by atoms with van der Waals surface area (Å²) >= 11 is 0. The lowest BCUT2D eigenvalue weighted by Gasteiger charge is -2.05. The molecule has 3 nitrogen and oxygen atoms in total. The van der Waals surface area contributed by atoms with Gasteiger partial charge in [0, 0.05) is 16.6 Å². The lowest BCUT2D eigenvalue weighted by Crippen LogP contribution is -2.03. The molecule has 2 aromatic carbocycles. The van der Waals surface area contributed by atoms with Crippen LogP contribution < -0.4 is 0 Å². The number of fused-ring (bicyclic) bond motifs is 1. The number of aromatic amines is 1. The summed E-state index contributed by atoms with van der Waals surface area (Å²) in [5, 5.41) is 0.685. The van der Waals surface area contributed by atoms with Crippen molar-refractivity contribution in [1.82, 2.24) is 4.98 Å². The Hall–Kier alpha value is -2.76. The van der Waals surface area contributed by atoms with E-state index in [-0.39, 0.29) is 0 Å². The molecule has 0 atom stereocenters. The van der Waals surface area contributed by atoms with Crippen molar-refractivity contribution in [3.8, 4) is 11.3 Å². The minimum absolute atomic E-state index is 0.409. The van der Waals surface area contributed by atoms with Crippen LogP contribution in [0.1, 0.15) is 15.9 Å². The molecule has 0 aliphatic rings. The van der Waals surface area contributed by atoms with Crippen LogP contribution in [0.25, 0.3) is 22.2 Å². The van der Waals surface area contributed by atoms with E-state index in [1.807, 2.05) is 0 Å². The Morgan fingerprint density at radius 1 is 1.04 bits per heavy atom. The Labute approximate surface area is 129 Å². The molecule has 0 radical (unpaired) electrons. The molecule has 6 heteroatoms. The third-order valence-electron chi connectivity index (χ3n) is 3.57. The van der Waals surface area contributed by atoms with E-state index >= 15 is 0 Å². The van der Waals surface area contributed by atoms with Crippen LogP contribution in [0.5, 0.6) is 0 Å². The maximum Gasteiger partial charge on any atom is 0.416 e. The fraction of sp³-hybridized carbons (Fsp3) is 0.118. The molecule has 1 aromatic heterocycles. The average Bonchev–Trinajstić information content (AvgIpc) is 2.96. The number of ether oxygens (including phenoxy) is 1. The molecule has 0 saturated heterocycles. The lowest BCUT2D eigenvalue weighted by atomic mass is 10.1. The predicted octanol–water partition coefficient (Wildman–Crippen LogP) is 4.64. The molecule has 0 aliphatic carbocycles. The van der Waals surface area contributed by atoms with Crippen molar-refractivity contribution in [1.29, 1.82) is 0 Å². The van der Waals surface area contributed by atoms with Gasteiger partial charge < -0.3 is 9.72 Å². The number of hydrogen-bond acceptors (Lipinski definition) is 2. The largest absolute Gasteiger partial charge is 0.465 e. The maximum atomic E-state index is 12.7. The summed E-state index contributed by atoms with van der Waals surface area (Å²) in [5.74, 6) is -0.442. The van der Waals surface area contributed by atoms with Crippen LogP contribution >= 0.6 is 0 Å². The standard InChI is InChI=1S/C17H12F3NO2/c1-23-16(22)11-4-2-10(3-5-11)14-8-12-6-7-13(17(18,19)20)9-15(12)21-14/h2-9,21H,1H3. The number of alkyl halides is 3. The van der Waals surface area contributed by atoms with Crippen molar-refractivity contribution in [2.75, 3.05) is 7.11 Å². The molecule has 0 fully saturated rings. The minimum atomic E-state index is -4.37. The van der Waals surface area contributed by atoms with E-state index in [0.717, 1.165) is 17.7 Å². The first kappa shape index (κ1) is 15.1. The van der Waals surface area contributed by atoms with Gasteiger partial charge >= 0.3 is 12.1 Å². The monoisotopic (exact) mass is 319 g/mol. The first-order valence-electron chi connectivity index (χ1n) is 6.77. The summed E-state index contributed by atoms with van der Waals surface area (Å²) in [6.45, 7) is 0. The van der Waals surface area contributed by atoms with E-state index in [4.69, 9.17) is 0 Å². The van der Waals surface area contributed by atoms with Gasteiger partial charge in [0.15, 0.2) is 0 Å². The Morgan fingerprint density at radius 2 is 1.74 bits per heavy atom. The van der Waals surface area contributed by atoms with E-state index in [1.54, 1.807) is 30.3 Å². The highest BCUT2D eigenvalue weighted by Crippen LogP contribution is 2.32. The van der Waals surface area contributed by atoms with Crippen molar-refractivity contribution in [2.24, 2.45) is 0 Å². The van der Waals surface area contributed by atoms with E-state index in [9.17, 15) is 18.0 Å². The van der Waals surface area contributed by atoms with Gasteiger partial charge in [-0.1, -0.05) is 18.2 Å². The fourth-order valence-electron chi connectivity index (χ4n) is 2.36. The molecular weight excluding hydrogens is 307 g/mol. The number of rotatable bonds is 2. The van der Waals surface area contributed by atoms with Crippen LogP contribution in [0.3, 0.4) is 0 Å². The van der Waals surface area contributed by atoms with Gasteiger partial charge in [-0.3, -0.25) is 0 Å².